The first-order valence-electron chi connectivity index (χ1n) is 21.1. The number of benzene rings is 3. The highest BCUT2D eigenvalue weighted by molar-refractivity contribution is 7.93. The van der Waals surface area contributed by atoms with Gasteiger partial charge in [0.2, 0.25) is 0 Å². The number of hydrogen-bond donors (Lipinski definition) is 1. The van der Waals surface area contributed by atoms with E-state index in [1.54, 1.807) is 76.4 Å². The molecule has 2 atom stereocenters. The van der Waals surface area contributed by atoms with Crippen LogP contribution in [0.1, 0.15) is 94.2 Å². The van der Waals surface area contributed by atoms with Gasteiger partial charge in [-0.15, -0.1) is 0 Å². The lowest BCUT2D eigenvalue weighted by molar-refractivity contribution is -0.122. The number of aromatic nitrogens is 3. The fraction of sp³-hybridized carbons (Fsp3) is 0.467. The van der Waals surface area contributed by atoms with Crippen molar-refractivity contribution < 1.29 is 51.0 Å². The SMILES string of the molecule is COc1ccc(CN(c2noc3cc(Nc4cc(C5CC5)n(C5CCCCO5)n4)c(OC)cc23)S(=O)(=O)c2c(OC)cc(C3CC(=O)CN(C(=O)OC(C)(C)C)C3)cc2OC)cc1. The summed E-state index contributed by atoms with van der Waals surface area (Å²) < 4.78 is 74.2. The van der Waals surface area contributed by atoms with E-state index in [0.717, 1.165) is 42.1 Å². The van der Waals surface area contributed by atoms with Gasteiger partial charge < -0.3 is 43.2 Å². The first-order valence-corrected chi connectivity index (χ1v) is 22.5. The van der Waals surface area contributed by atoms with Crippen LogP contribution < -0.4 is 28.6 Å². The number of rotatable bonds is 14. The Morgan fingerprint density at radius 1 is 0.905 bits per heavy atom. The smallest absolute Gasteiger partial charge is 0.410 e. The number of piperidine rings is 1. The molecule has 17 nitrogen and oxygen atoms in total. The van der Waals surface area contributed by atoms with Crippen LogP contribution >= 0.6 is 0 Å². The number of carbonyl (C=O) groups is 2. The van der Waals surface area contributed by atoms with Gasteiger partial charge in [0, 0.05) is 49.2 Å². The quantitative estimate of drug-likeness (QED) is 0.113. The predicted molar refractivity (Wildman–Crippen MR) is 233 cm³/mol. The van der Waals surface area contributed by atoms with Crippen molar-refractivity contribution in [2.45, 2.75) is 94.4 Å². The second-order valence-corrected chi connectivity index (χ2v) is 18.9. The molecule has 1 amide bonds. The van der Waals surface area contributed by atoms with Crippen LogP contribution in [0.3, 0.4) is 0 Å². The summed E-state index contributed by atoms with van der Waals surface area (Å²) >= 11 is 0. The Hall–Kier alpha value is -6.01. The number of anilines is 3. The molecule has 2 saturated heterocycles. The lowest BCUT2D eigenvalue weighted by Crippen LogP contribution is -2.45. The highest BCUT2D eigenvalue weighted by Gasteiger charge is 2.39. The minimum absolute atomic E-state index is 0.0144. The monoisotopic (exact) mass is 886 g/mol. The highest BCUT2D eigenvalue weighted by atomic mass is 32.2. The van der Waals surface area contributed by atoms with Gasteiger partial charge in [-0.2, -0.15) is 5.10 Å². The Kier molecular flexibility index (Phi) is 12.2. The molecular formula is C45H54N6O11S. The maximum atomic E-state index is 15.3. The Morgan fingerprint density at radius 2 is 1.62 bits per heavy atom. The summed E-state index contributed by atoms with van der Waals surface area (Å²) in [6, 6.07) is 15.5. The molecule has 336 valence electrons. The number of Topliss-reactive ketones (excluding diaryl/α,β-unsaturated/α-hetero) is 1. The van der Waals surface area contributed by atoms with Crippen LogP contribution in [0.4, 0.5) is 22.1 Å². The highest BCUT2D eigenvalue weighted by Crippen LogP contribution is 2.46. The predicted octanol–water partition coefficient (Wildman–Crippen LogP) is 8.07. The molecule has 3 fully saturated rings. The molecule has 0 radical (unpaired) electrons. The van der Waals surface area contributed by atoms with Gasteiger partial charge in [0.05, 0.1) is 52.6 Å². The Bertz CT molecular complexity index is 2570. The summed E-state index contributed by atoms with van der Waals surface area (Å²) in [5.41, 5.74) is 2.34. The van der Waals surface area contributed by atoms with E-state index >= 15 is 8.42 Å². The van der Waals surface area contributed by atoms with Crippen molar-refractivity contribution in [2.75, 3.05) is 57.8 Å². The molecule has 1 N–H and O–H groups in total. The van der Waals surface area contributed by atoms with Crippen molar-refractivity contribution >= 4 is 50.2 Å². The molecule has 2 unspecified atom stereocenters. The van der Waals surface area contributed by atoms with E-state index in [1.807, 2.05) is 10.7 Å². The first-order chi connectivity index (χ1) is 30.2. The molecule has 5 aromatic rings. The molecule has 18 heteroatoms. The van der Waals surface area contributed by atoms with Crippen LogP contribution in [0, 0.1) is 0 Å². The average molecular weight is 887 g/mol. The second kappa shape index (κ2) is 17.6. The zero-order valence-electron chi connectivity index (χ0n) is 36.6. The summed E-state index contributed by atoms with van der Waals surface area (Å²) in [6.45, 7) is 5.84. The molecule has 1 saturated carbocycles. The molecule has 0 spiro atoms. The van der Waals surface area contributed by atoms with Crippen LogP contribution in [0.25, 0.3) is 11.0 Å². The van der Waals surface area contributed by atoms with E-state index in [2.05, 4.69) is 10.5 Å². The number of fused-ring (bicyclic) bond motifs is 1. The summed E-state index contributed by atoms with van der Waals surface area (Å²) in [4.78, 5) is 27.1. The van der Waals surface area contributed by atoms with Crippen molar-refractivity contribution in [1.82, 2.24) is 19.8 Å². The zero-order valence-corrected chi connectivity index (χ0v) is 37.5. The van der Waals surface area contributed by atoms with E-state index in [4.69, 9.17) is 38.0 Å². The number of carbonyl (C=O) groups excluding carboxylic acids is 2. The lowest BCUT2D eigenvalue weighted by atomic mass is 9.90. The number of nitrogens with zero attached hydrogens (tertiary/aromatic N) is 5. The van der Waals surface area contributed by atoms with E-state index in [-0.39, 0.29) is 65.9 Å². The van der Waals surface area contributed by atoms with Crippen LogP contribution in [-0.4, -0.2) is 93.9 Å². The summed E-state index contributed by atoms with van der Waals surface area (Å²) in [5.74, 6) is 1.27. The van der Waals surface area contributed by atoms with Gasteiger partial charge in [-0.3, -0.25) is 4.79 Å². The largest absolute Gasteiger partial charge is 0.497 e. The number of amides is 1. The third-order valence-electron chi connectivity index (χ3n) is 11.4. The Morgan fingerprint density at radius 3 is 2.24 bits per heavy atom. The van der Waals surface area contributed by atoms with Crippen LogP contribution in [0.5, 0.6) is 23.0 Å². The number of hydrogen-bond acceptors (Lipinski definition) is 14. The molecule has 3 aliphatic rings. The van der Waals surface area contributed by atoms with Crippen molar-refractivity contribution in [3.8, 4) is 23.0 Å². The summed E-state index contributed by atoms with van der Waals surface area (Å²) in [7, 11) is 1.17. The van der Waals surface area contributed by atoms with Crippen LogP contribution in [0.15, 0.2) is 64.0 Å². The maximum absolute atomic E-state index is 15.3. The number of methoxy groups -OCH3 is 4. The van der Waals surface area contributed by atoms with Gasteiger partial charge in [-0.05, 0) is 94.3 Å². The van der Waals surface area contributed by atoms with E-state index < -0.39 is 27.6 Å². The minimum Gasteiger partial charge on any atom is -0.497 e. The number of likely N-dealkylation sites (tertiary alicyclic amines) is 1. The van der Waals surface area contributed by atoms with Crippen molar-refractivity contribution in [3.63, 3.8) is 0 Å². The molecule has 2 aromatic heterocycles. The molecule has 4 heterocycles. The fourth-order valence-corrected chi connectivity index (χ4v) is 9.84. The number of ketones is 1. The van der Waals surface area contributed by atoms with Crippen molar-refractivity contribution in [1.29, 1.82) is 0 Å². The Labute approximate surface area is 366 Å². The molecule has 3 aromatic carbocycles. The number of ether oxygens (including phenoxy) is 6. The van der Waals surface area contributed by atoms with E-state index in [0.29, 0.717) is 52.0 Å². The molecule has 8 rings (SSSR count). The number of nitrogens with one attached hydrogen (secondary N) is 1. The third-order valence-corrected chi connectivity index (χ3v) is 13.2. The standard InChI is InChI=1S/C45H54N6O11S/c1-45(2,3)61-44(53)49-25-30(18-31(52)26-49)29-19-38(58-6)42(39(20-29)59-7)63(54,55)50(24-27-11-15-32(56-4)16-12-27)43-33-21-37(57-5)34(22-36(33)62-48-43)46-40-23-35(28-13-14-28)51(47-40)41-10-8-9-17-60-41/h11-12,15-16,19-23,28,30,41H,8-10,13-14,17-18,24-26H2,1-7H3,(H,46,47). The van der Waals surface area contributed by atoms with Gasteiger partial charge in [-0.1, -0.05) is 17.3 Å². The maximum Gasteiger partial charge on any atom is 0.410 e. The molecule has 2 aliphatic heterocycles. The topological polar surface area (TPSA) is 186 Å². The van der Waals surface area contributed by atoms with E-state index in [9.17, 15) is 9.59 Å². The minimum atomic E-state index is -4.61. The lowest BCUT2D eigenvalue weighted by Gasteiger charge is -2.34. The van der Waals surface area contributed by atoms with Crippen LogP contribution in [0.2, 0.25) is 0 Å². The third kappa shape index (κ3) is 9.23. The van der Waals surface area contributed by atoms with Crippen molar-refractivity contribution in [3.05, 3.63) is 71.4 Å². The fourth-order valence-electron chi connectivity index (χ4n) is 8.14. The normalized spacial score (nSPS) is 18.3. The van der Waals surface area contributed by atoms with E-state index in [1.165, 1.54) is 26.2 Å². The van der Waals surface area contributed by atoms with Crippen LogP contribution in [-0.2, 0) is 30.8 Å². The van der Waals surface area contributed by atoms with Gasteiger partial charge >= 0.3 is 6.09 Å². The summed E-state index contributed by atoms with van der Waals surface area (Å²) in [6.07, 6.45) is 4.58. The van der Waals surface area contributed by atoms with Gasteiger partial charge in [0.1, 0.15) is 28.6 Å². The van der Waals surface area contributed by atoms with Gasteiger partial charge in [0.25, 0.3) is 10.0 Å². The molecule has 1 aliphatic carbocycles. The number of sulfonamides is 1. The average Bonchev–Trinajstić information content (AvgIpc) is 3.91. The summed E-state index contributed by atoms with van der Waals surface area (Å²) in [5, 5.41) is 13.0. The molecule has 63 heavy (non-hydrogen) atoms. The molecular weight excluding hydrogens is 833 g/mol. The van der Waals surface area contributed by atoms with Gasteiger partial charge in [-0.25, -0.2) is 22.2 Å². The van der Waals surface area contributed by atoms with Crippen molar-refractivity contribution in [2.24, 2.45) is 0 Å². The molecule has 0 bridgehead atoms. The first kappa shape index (κ1) is 43.6. The Balaban J connectivity index is 1.17. The second-order valence-electron chi connectivity index (χ2n) is 17.1. The van der Waals surface area contributed by atoms with Gasteiger partial charge in [0.15, 0.2) is 34.1 Å². The zero-order chi connectivity index (χ0) is 44.6.